The van der Waals surface area contributed by atoms with Gasteiger partial charge in [-0.2, -0.15) is 5.10 Å². The van der Waals surface area contributed by atoms with Crippen LogP contribution in [0.25, 0.3) is 11.3 Å². The summed E-state index contributed by atoms with van der Waals surface area (Å²) in [5.74, 6) is 2.59. The topological polar surface area (TPSA) is 114 Å². The molecule has 1 atom stereocenters. The Balaban J connectivity index is 1.24. The van der Waals surface area contributed by atoms with Gasteiger partial charge in [0.15, 0.2) is 18.1 Å². The molecule has 198 valence electrons. The van der Waals surface area contributed by atoms with Crippen LogP contribution in [0.1, 0.15) is 39.9 Å². The fourth-order valence-electron chi connectivity index (χ4n) is 4.85. The Morgan fingerprint density at radius 1 is 1.00 bits per heavy atom. The molecule has 5 heterocycles. The Morgan fingerprint density at radius 3 is 2.62 bits per heavy atom. The molecule has 1 aliphatic rings. The summed E-state index contributed by atoms with van der Waals surface area (Å²) in [5.41, 5.74) is 4.77. The third kappa shape index (κ3) is 4.04. The van der Waals surface area contributed by atoms with E-state index in [0.717, 1.165) is 39.6 Å². The van der Waals surface area contributed by atoms with Gasteiger partial charge in [0.05, 0.1) is 48.0 Å². The zero-order valence-corrected chi connectivity index (χ0v) is 21.6. The third-order valence-electron chi connectivity index (χ3n) is 6.68. The van der Waals surface area contributed by atoms with Crippen LogP contribution in [0.15, 0.2) is 88.9 Å². The lowest BCUT2D eigenvalue weighted by molar-refractivity contribution is 0.126. The van der Waals surface area contributed by atoms with Crippen molar-refractivity contribution in [3.63, 3.8) is 0 Å². The molecule has 11 nitrogen and oxygen atoms in total. The first-order valence-corrected chi connectivity index (χ1v) is 12.6. The first kappa shape index (κ1) is 23.7. The number of furan rings is 1. The maximum atomic E-state index is 6.40. The van der Waals surface area contributed by atoms with Crippen LogP contribution in [0.5, 0.6) is 17.5 Å². The minimum absolute atomic E-state index is 0.0750. The van der Waals surface area contributed by atoms with Crippen LogP contribution in [-0.2, 0) is 11.4 Å². The minimum Gasteiger partial charge on any atom is -0.497 e. The van der Waals surface area contributed by atoms with E-state index in [2.05, 4.69) is 15.2 Å². The number of hydrogen-bond acceptors (Lipinski definition) is 9. The van der Waals surface area contributed by atoms with Crippen molar-refractivity contribution in [2.45, 2.75) is 19.4 Å². The van der Waals surface area contributed by atoms with E-state index in [9.17, 15) is 0 Å². The van der Waals surface area contributed by atoms with E-state index in [1.807, 2.05) is 73.7 Å². The van der Waals surface area contributed by atoms with Crippen LogP contribution < -0.4 is 9.47 Å². The first-order chi connectivity index (χ1) is 19.7. The predicted molar refractivity (Wildman–Crippen MR) is 144 cm³/mol. The molecular formula is C29H23N7O4. The molecule has 11 heteroatoms. The molecule has 4 aromatic heterocycles. The molecular weight excluding hydrogens is 510 g/mol. The van der Waals surface area contributed by atoms with Gasteiger partial charge in [0, 0.05) is 0 Å². The van der Waals surface area contributed by atoms with Crippen LogP contribution >= 0.6 is 0 Å². The number of methoxy groups -OCH3 is 1. The third-order valence-corrected chi connectivity index (χ3v) is 6.68. The summed E-state index contributed by atoms with van der Waals surface area (Å²) >= 11 is 0. The van der Waals surface area contributed by atoms with Gasteiger partial charge < -0.3 is 18.7 Å². The van der Waals surface area contributed by atoms with E-state index in [4.69, 9.17) is 28.8 Å². The second-order valence-corrected chi connectivity index (χ2v) is 9.14. The lowest BCUT2D eigenvalue weighted by Crippen LogP contribution is -2.15. The maximum absolute atomic E-state index is 6.40. The predicted octanol–water partition coefficient (Wildman–Crippen LogP) is 5.06. The van der Waals surface area contributed by atoms with Crippen molar-refractivity contribution < 1.29 is 18.7 Å². The van der Waals surface area contributed by atoms with E-state index in [-0.39, 0.29) is 12.5 Å². The van der Waals surface area contributed by atoms with Gasteiger partial charge in [0.2, 0.25) is 11.8 Å². The van der Waals surface area contributed by atoms with Gasteiger partial charge in [-0.1, -0.05) is 23.4 Å². The zero-order chi connectivity index (χ0) is 27.1. The summed E-state index contributed by atoms with van der Waals surface area (Å²) in [5, 5.41) is 13.4. The fourth-order valence-corrected chi connectivity index (χ4v) is 4.85. The van der Waals surface area contributed by atoms with Gasteiger partial charge in [-0.15, -0.1) is 5.10 Å². The molecule has 2 aromatic carbocycles. The highest BCUT2D eigenvalue weighted by Gasteiger charge is 2.39. The molecule has 0 aliphatic carbocycles. The summed E-state index contributed by atoms with van der Waals surface area (Å²) in [6, 6.07) is 21.1. The molecule has 0 spiro atoms. The second kappa shape index (κ2) is 9.70. The highest BCUT2D eigenvalue weighted by atomic mass is 16.6. The summed E-state index contributed by atoms with van der Waals surface area (Å²) in [6.07, 6.45) is 4.85. The van der Waals surface area contributed by atoms with Gasteiger partial charge in [0.1, 0.15) is 17.8 Å². The largest absolute Gasteiger partial charge is 0.497 e. The Hall–Kier alpha value is -5.45. The number of para-hydroxylation sites is 1. The van der Waals surface area contributed by atoms with E-state index in [1.54, 1.807) is 35.1 Å². The lowest BCUT2D eigenvalue weighted by Gasteiger charge is -2.24. The monoisotopic (exact) mass is 533 g/mol. The molecule has 40 heavy (non-hydrogen) atoms. The normalized spacial score (nSPS) is 14.2. The number of aromatic nitrogens is 6. The van der Waals surface area contributed by atoms with Crippen molar-refractivity contribution in [2.24, 2.45) is 5.16 Å². The quantitative estimate of drug-likeness (QED) is 0.206. The molecule has 0 amide bonds. The average molecular weight is 534 g/mol. The fraction of sp³-hybridized carbons (Fsp3) is 0.138. The van der Waals surface area contributed by atoms with Gasteiger partial charge in [-0.25, -0.2) is 19.2 Å². The Morgan fingerprint density at radius 2 is 1.85 bits per heavy atom. The number of aryl methyl sites for hydroxylation is 1. The highest BCUT2D eigenvalue weighted by molar-refractivity contribution is 5.79. The van der Waals surface area contributed by atoms with E-state index in [1.165, 1.54) is 0 Å². The summed E-state index contributed by atoms with van der Waals surface area (Å²) in [7, 11) is 1.63. The molecule has 1 aliphatic heterocycles. The minimum atomic E-state index is -0.353. The number of rotatable bonds is 7. The average Bonchev–Trinajstić information content (AvgIpc) is 3.74. The van der Waals surface area contributed by atoms with Crippen molar-refractivity contribution in [1.29, 1.82) is 0 Å². The van der Waals surface area contributed by atoms with Crippen molar-refractivity contribution in [1.82, 2.24) is 29.4 Å². The molecule has 6 aromatic rings. The summed E-state index contributed by atoms with van der Waals surface area (Å²) < 4.78 is 20.9. The Kier molecular flexibility index (Phi) is 5.73. The SMILES string of the molecule is COc1ccc(/C=N/OCc2nc3c4c(ncn3n2)Oc2c(c(C)nn2-c2ccccc2)C4c2ccco2)cc1. The van der Waals surface area contributed by atoms with Gasteiger partial charge in [-0.05, 0) is 61.0 Å². The molecule has 0 fully saturated rings. The molecule has 0 bridgehead atoms. The van der Waals surface area contributed by atoms with Crippen molar-refractivity contribution in [3.05, 3.63) is 113 Å². The standard InChI is InChI=1S/C29H23N7O4/c1-18-24-25(22-9-6-14-38-22)26-27-32-23(16-39-31-15-19-10-12-21(37-2)13-11-19)34-35(27)17-30-28(26)40-29(24)36(33-18)20-7-4-3-5-8-20/h3-15,17,25H,16H2,1-2H3/b31-15+. The summed E-state index contributed by atoms with van der Waals surface area (Å²) in [4.78, 5) is 14.9. The number of nitrogens with zero attached hydrogens (tertiary/aromatic N) is 7. The van der Waals surface area contributed by atoms with Gasteiger partial charge in [-0.3, -0.25) is 0 Å². The van der Waals surface area contributed by atoms with Gasteiger partial charge >= 0.3 is 0 Å². The van der Waals surface area contributed by atoms with Gasteiger partial charge in [0.25, 0.3) is 0 Å². The highest BCUT2D eigenvalue weighted by Crippen LogP contribution is 2.49. The molecule has 0 saturated carbocycles. The Bertz CT molecular complexity index is 1820. The van der Waals surface area contributed by atoms with Crippen molar-refractivity contribution >= 4 is 11.9 Å². The number of ether oxygens (including phenoxy) is 2. The van der Waals surface area contributed by atoms with Crippen LogP contribution in [0, 0.1) is 6.92 Å². The number of hydrogen-bond donors (Lipinski definition) is 0. The molecule has 0 saturated heterocycles. The number of oxime groups is 1. The number of fused-ring (bicyclic) bond motifs is 4. The molecule has 1 unspecified atom stereocenters. The van der Waals surface area contributed by atoms with Crippen molar-refractivity contribution in [2.75, 3.05) is 7.11 Å². The molecule has 0 radical (unpaired) electrons. The van der Waals surface area contributed by atoms with Crippen LogP contribution in [0.4, 0.5) is 0 Å². The number of benzene rings is 2. The zero-order valence-electron chi connectivity index (χ0n) is 21.6. The smallest absolute Gasteiger partial charge is 0.230 e. The maximum Gasteiger partial charge on any atom is 0.230 e. The van der Waals surface area contributed by atoms with Crippen LogP contribution in [0.2, 0.25) is 0 Å². The lowest BCUT2D eigenvalue weighted by atomic mass is 9.88. The second-order valence-electron chi connectivity index (χ2n) is 9.14. The van der Waals surface area contributed by atoms with E-state index < -0.39 is 0 Å². The molecule has 0 N–H and O–H groups in total. The van der Waals surface area contributed by atoms with E-state index >= 15 is 0 Å². The Labute approximate surface area is 228 Å². The van der Waals surface area contributed by atoms with Crippen LogP contribution in [0.3, 0.4) is 0 Å². The van der Waals surface area contributed by atoms with Crippen LogP contribution in [-0.4, -0.2) is 42.7 Å². The molecule has 7 rings (SSSR count). The summed E-state index contributed by atoms with van der Waals surface area (Å²) in [6.45, 7) is 2.03. The van der Waals surface area contributed by atoms with E-state index in [0.29, 0.717) is 23.2 Å². The first-order valence-electron chi connectivity index (χ1n) is 12.6. The van der Waals surface area contributed by atoms with Crippen molar-refractivity contribution in [3.8, 4) is 23.2 Å².